The summed E-state index contributed by atoms with van der Waals surface area (Å²) >= 11 is 0. The molecule has 1 unspecified atom stereocenters. The van der Waals surface area contributed by atoms with Gasteiger partial charge in [-0.15, -0.1) is 0 Å². The van der Waals surface area contributed by atoms with Gasteiger partial charge in [-0.3, -0.25) is 9.59 Å². The van der Waals surface area contributed by atoms with E-state index in [4.69, 9.17) is 4.74 Å². The molecule has 0 aliphatic heterocycles. The van der Waals surface area contributed by atoms with Crippen molar-refractivity contribution in [2.75, 3.05) is 17.2 Å². The highest BCUT2D eigenvalue weighted by molar-refractivity contribution is 5.96. The molecular weight excluding hydrogens is 450 g/mol. The van der Waals surface area contributed by atoms with Gasteiger partial charge in [0.1, 0.15) is 12.4 Å². The first-order chi connectivity index (χ1) is 17.6. The van der Waals surface area contributed by atoms with Crippen LogP contribution in [0.2, 0.25) is 0 Å². The van der Waals surface area contributed by atoms with Crippen LogP contribution in [0, 0.1) is 0 Å². The molecular formula is C30H29N3O3. The van der Waals surface area contributed by atoms with Gasteiger partial charge < -0.3 is 20.7 Å². The average Bonchev–Trinajstić information content (AvgIpc) is 2.92. The van der Waals surface area contributed by atoms with Crippen LogP contribution in [0.5, 0.6) is 5.75 Å². The number of benzene rings is 4. The molecule has 3 N–H and O–H groups in total. The van der Waals surface area contributed by atoms with Crippen molar-refractivity contribution in [3.63, 3.8) is 0 Å². The SMILES string of the molecule is CC(NC(=O)c1ccc(NC(=O)CNc2ccc(OCc3ccccc3)cc2)cc1)c1ccccc1. The second-order valence-corrected chi connectivity index (χ2v) is 8.38. The summed E-state index contributed by atoms with van der Waals surface area (Å²) in [6.07, 6.45) is 0. The first-order valence-corrected chi connectivity index (χ1v) is 11.8. The van der Waals surface area contributed by atoms with E-state index in [1.807, 2.05) is 91.9 Å². The molecule has 0 bridgehead atoms. The zero-order valence-corrected chi connectivity index (χ0v) is 20.1. The lowest BCUT2D eigenvalue weighted by Gasteiger charge is -2.14. The first-order valence-electron chi connectivity index (χ1n) is 11.8. The number of carbonyl (C=O) groups excluding carboxylic acids is 2. The maximum absolute atomic E-state index is 12.5. The summed E-state index contributed by atoms with van der Waals surface area (Å²) in [6.45, 7) is 2.56. The van der Waals surface area contributed by atoms with Crippen LogP contribution < -0.4 is 20.7 Å². The molecule has 0 spiro atoms. The molecule has 6 heteroatoms. The molecule has 36 heavy (non-hydrogen) atoms. The smallest absolute Gasteiger partial charge is 0.251 e. The Balaban J connectivity index is 1.21. The molecule has 0 saturated heterocycles. The molecule has 0 heterocycles. The second-order valence-electron chi connectivity index (χ2n) is 8.38. The van der Waals surface area contributed by atoms with Crippen molar-refractivity contribution in [1.82, 2.24) is 5.32 Å². The van der Waals surface area contributed by atoms with Gasteiger partial charge >= 0.3 is 0 Å². The number of hydrogen-bond donors (Lipinski definition) is 3. The van der Waals surface area contributed by atoms with Crippen molar-refractivity contribution >= 4 is 23.2 Å². The summed E-state index contributed by atoms with van der Waals surface area (Å²) in [4.78, 5) is 24.9. The Hall–Kier alpha value is -4.58. The van der Waals surface area contributed by atoms with E-state index in [2.05, 4.69) is 16.0 Å². The number of hydrogen-bond acceptors (Lipinski definition) is 4. The molecule has 4 aromatic rings. The van der Waals surface area contributed by atoms with E-state index >= 15 is 0 Å². The molecule has 0 saturated carbocycles. The highest BCUT2D eigenvalue weighted by Crippen LogP contribution is 2.18. The number of nitrogens with one attached hydrogen (secondary N) is 3. The van der Waals surface area contributed by atoms with Gasteiger partial charge in [0, 0.05) is 16.9 Å². The van der Waals surface area contributed by atoms with Gasteiger partial charge in [-0.1, -0.05) is 60.7 Å². The van der Waals surface area contributed by atoms with Crippen LogP contribution >= 0.6 is 0 Å². The largest absolute Gasteiger partial charge is 0.489 e. The highest BCUT2D eigenvalue weighted by atomic mass is 16.5. The number of ether oxygens (including phenoxy) is 1. The van der Waals surface area contributed by atoms with Crippen molar-refractivity contribution < 1.29 is 14.3 Å². The van der Waals surface area contributed by atoms with E-state index < -0.39 is 0 Å². The average molecular weight is 480 g/mol. The van der Waals surface area contributed by atoms with Crippen LogP contribution in [-0.4, -0.2) is 18.4 Å². The standard InChI is InChI=1S/C30H29N3O3/c1-22(24-10-6-3-7-11-24)32-30(35)25-12-14-27(15-13-25)33-29(34)20-31-26-16-18-28(19-17-26)36-21-23-8-4-2-5-9-23/h2-19,22,31H,20-21H2,1H3,(H,32,35)(H,33,34). The molecule has 2 amide bonds. The van der Waals surface area contributed by atoms with E-state index in [-0.39, 0.29) is 24.4 Å². The van der Waals surface area contributed by atoms with E-state index in [0.717, 1.165) is 22.6 Å². The number of amides is 2. The molecule has 0 aromatic heterocycles. The van der Waals surface area contributed by atoms with Crippen LogP contribution in [0.15, 0.2) is 109 Å². The molecule has 4 aromatic carbocycles. The van der Waals surface area contributed by atoms with E-state index in [1.54, 1.807) is 24.3 Å². The third-order valence-corrected chi connectivity index (χ3v) is 5.63. The monoisotopic (exact) mass is 479 g/mol. The van der Waals surface area contributed by atoms with Crippen LogP contribution in [0.25, 0.3) is 0 Å². The predicted molar refractivity (Wildman–Crippen MR) is 143 cm³/mol. The normalized spacial score (nSPS) is 11.2. The van der Waals surface area contributed by atoms with Gasteiger partial charge in [0.2, 0.25) is 5.91 Å². The molecule has 182 valence electrons. The quantitative estimate of drug-likeness (QED) is 0.268. The molecule has 0 fully saturated rings. The Morgan fingerprint density at radius 2 is 1.36 bits per heavy atom. The molecule has 6 nitrogen and oxygen atoms in total. The fourth-order valence-corrected chi connectivity index (χ4v) is 3.61. The van der Waals surface area contributed by atoms with Crippen LogP contribution in [-0.2, 0) is 11.4 Å². The zero-order valence-electron chi connectivity index (χ0n) is 20.1. The van der Waals surface area contributed by atoms with Crippen molar-refractivity contribution in [2.45, 2.75) is 19.6 Å². The van der Waals surface area contributed by atoms with Crippen molar-refractivity contribution in [3.8, 4) is 5.75 Å². The maximum atomic E-state index is 12.5. The van der Waals surface area contributed by atoms with Crippen LogP contribution in [0.4, 0.5) is 11.4 Å². The first kappa shape index (κ1) is 24.5. The lowest BCUT2D eigenvalue weighted by molar-refractivity contribution is -0.114. The number of anilines is 2. The van der Waals surface area contributed by atoms with Crippen molar-refractivity contribution in [3.05, 3.63) is 126 Å². The lowest BCUT2D eigenvalue weighted by Crippen LogP contribution is -2.26. The third kappa shape index (κ3) is 7.21. The summed E-state index contributed by atoms with van der Waals surface area (Å²) in [5.74, 6) is 0.410. The van der Waals surface area contributed by atoms with Crippen molar-refractivity contribution in [1.29, 1.82) is 0 Å². The Labute approximate surface area is 211 Å². The summed E-state index contributed by atoms with van der Waals surface area (Å²) < 4.78 is 5.79. The summed E-state index contributed by atoms with van der Waals surface area (Å²) in [5, 5.41) is 8.92. The number of carbonyl (C=O) groups is 2. The van der Waals surface area contributed by atoms with E-state index in [1.165, 1.54) is 0 Å². The van der Waals surface area contributed by atoms with Gasteiger partial charge in [-0.2, -0.15) is 0 Å². The van der Waals surface area contributed by atoms with E-state index in [9.17, 15) is 9.59 Å². The summed E-state index contributed by atoms with van der Waals surface area (Å²) in [6, 6.07) is 34.0. The van der Waals surface area contributed by atoms with Crippen molar-refractivity contribution in [2.24, 2.45) is 0 Å². The minimum Gasteiger partial charge on any atom is -0.489 e. The minimum atomic E-state index is -0.186. The summed E-state index contributed by atoms with van der Waals surface area (Å²) in [5.41, 5.74) is 4.11. The second kappa shape index (κ2) is 12.2. The predicted octanol–water partition coefficient (Wildman–Crippen LogP) is 5.81. The topological polar surface area (TPSA) is 79.5 Å². The van der Waals surface area contributed by atoms with Gasteiger partial charge in [0.05, 0.1) is 12.6 Å². The fourth-order valence-electron chi connectivity index (χ4n) is 3.61. The minimum absolute atomic E-state index is 0.103. The zero-order chi connectivity index (χ0) is 25.2. The Kier molecular flexibility index (Phi) is 8.33. The van der Waals surface area contributed by atoms with Crippen LogP contribution in [0.3, 0.4) is 0 Å². The molecule has 0 radical (unpaired) electrons. The molecule has 0 aliphatic carbocycles. The van der Waals surface area contributed by atoms with E-state index in [0.29, 0.717) is 17.9 Å². The highest BCUT2D eigenvalue weighted by Gasteiger charge is 2.11. The summed E-state index contributed by atoms with van der Waals surface area (Å²) in [7, 11) is 0. The Bertz CT molecular complexity index is 1260. The van der Waals surface area contributed by atoms with Crippen LogP contribution in [0.1, 0.15) is 34.5 Å². The Morgan fingerprint density at radius 3 is 2.03 bits per heavy atom. The molecule has 4 rings (SSSR count). The molecule has 1 atom stereocenters. The van der Waals surface area contributed by atoms with Gasteiger partial charge in [0.15, 0.2) is 0 Å². The lowest BCUT2D eigenvalue weighted by atomic mass is 10.1. The Morgan fingerprint density at radius 1 is 0.750 bits per heavy atom. The van der Waals surface area contributed by atoms with Gasteiger partial charge in [-0.05, 0) is 66.6 Å². The third-order valence-electron chi connectivity index (χ3n) is 5.63. The van der Waals surface area contributed by atoms with Gasteiger partial charge in [0.25, 0.3) is 5.91 Å². The molecule has 0 aliphatic rings. The van der Waals surface area contributed by atoms with Gasteiger partial charge in [-0.25, -0.2) is 0 Å². The fraction of sp³-hybridized carbons (Fsp3) is 0.133. The maximum Gasteiger partial charge on any atom is 0.251 e. The number of rotatable bonds is 10.